The van der Waals surface area contributed by atoms with Crippen LogP contribution in [0.1, 0.15) is 33.6 Å². The largest absolute Gasteiger partial charge is 0.309 e. The van der Waals surface area contributed by atoms with E-state index in [0.29, 0.717) is 0 Å². The Bertz CT molecular complexity index is 332. The maximum Gasteiger partial charge on any atom is 0.214 e. The summed E-state index contributed by atoms with van der Waals surface area (Å²) in [4.78, 5) is 2.09. The molecule has 1 saturated carbocycles. The number of sulfonamides is 1. The lowest BCUT2D eigenvalue weighted by Gasteiger charge is -2.34. The van der Waals surface area contributed by atoms with Crippen molar-refractivity contribution >= 4 is 10.0 Å². The van der Waals surface area contributed by atoms with Gasteiger partial charge in [-0.05, 0) is 39.3 Å². The normalized spacial score (nSPS) is 20.1. The second-order valence-electron chi connectivity index (χ2n) is 5.81. The van der Waals surface area contributed by atoms with E-state index in [1.807, 2.05) is 21.0 Å². The Morgan fingerprint density at radius 2 is 1.88 bits per heavy atom. The van der Waals surface area contributed by atoms with E-state index in [-0.39, 0.29) is 16.7 Å². The van der Waals surface area contributed by atoms with Crippen LogP contribution in [-0.2, 0) is 10.0 Å². The first-order valence-electron chi connectivity index (χ1n) is 5.81. The molecule has 0 heterocycles. The van der Waals surface area contributed by atoms with Gasteiger partial charge in [0.1, 0.15) is 0 Å². The van der Waals surface area contributed by atoms with Crippen molar-refractivity contribution in [2.24, 2.45) is 5.41 Å². The highest BCUT2D eigenvalue weighted by Gasteiger charge is 2.39. The molecule has 1 N–H and O–H groups in total. The summed E-state index contributed by atoms with van der Waals surface area (Å²) in [7, 11) is 0.934. The summed E-state index contributed by atoms with van der Waals surface area (Å²) in [5, 5.41) is -0.134. The van der Waals surface area contributed by atoms with Crippen LogP contribution in [0.3, 0.4) is 0 Å². The maximum absolute atomic E-state index is 11.8. The van der Waals surface area contributed by atoms with Crippen molar-refractivity contribution in [1.82, 2.24) is 9.62 Å². The first-order chi connectivity index (χ1) is 7.15. The molecule has 0 aliphatic heterocycles. The fourth-order valence-electron chi connectivity index (χ4n) is 1.83. The van der Waals surface area contributed by atoms with Gasteiger partial charge < -0.3 is 4.90 Å². The molecule has 0 spiro atoms. The highest BCUT2D eigenvalue weighted by molar-refractivity contribution is 7.90. The summed E-state index contributed by atoms with van der Waals surface area (Å²) in [5.74, 6) is 0. The monoisotopic (exact) mass is 248 g/mol. The fraction of sp³-hybridized carbons (Fsp3) is 1.00. The first-order valence-corrected chi connectivity index (χ1v) is 7.35. The Balaban J connectivity index is 2.59. The van der Waals surface area contributed by atoms with Gasteiger partial charge >= 0.3 is 0 Å². The van der Waals surface area contributed by atoms with E-state index in [9.17, 15) is 8.42 Å². The predicted molar refractivity (Wildman–Crippen MR) is 66.9 cm³/mol. The molecule has 16 heavy (non-hydrogen) atoms. The minimum absolute atomic E-state index is 0.0412. The van der Waals surface area contributed by atoms with E-state index in [2.05, 4.69) is 23.5 Å². The average molecular weight is 248 g/mol. The zero-order valence-electron chi connectivity index (χ0n) is 10.9. The molecular weight excluding hydrogens is 224 g/mol. The summed E-state index contributed by atoms with van der Waals surface area (Å²) < 4.78 is 26.4. The maximum atomic E-state index is 11.8. The lowest BCUT2D eigenvalue weighted by molar-refractivity contribution is 0.198. The minimum Gasteiger partial charge on any atom is -0.309 e. The van der Waals surface area contributed by atoms with Gasteiger partial charge in [-0.3, -0.25) is 0 Å². The third kappa shape index (κ3) is 3.71. The van der Waals surface area contributed by atoms with Crippen LogP contribution < -0.4 is 4.72 Å². The number of hydrogen-bond donors (Lipinski definition) is 1. The van der Waals surface area contributed by atoms with E-state index in [0.717, 1.165) is 19.4 Å². The summed E-state index contributed by atoms with van der Waals surface area (Å²) >= 11 is 0. The molecule has 1 fully saturated rings. The molecule has 0 aromatic rings. The molecule has 0 radical (unpaired) electrons. The van der Waals surface area contributed by atoms with Gasteiger partial charge in [0.2, 0.25) is 10.0 Å². The van der Waals surface area contributed by atoms with Crippen molar-refractivity contribution in [3.8, 4) is 0 Å². The number of nitrogens with one attached hydrogen (secondary N) is 1. The molecule has 1 atom stereocenters. The molecule has 1 rings (SSSR count). The third-order valence-corrected chi connectivity index (χ3v) is 5.23. The Hall–Kier alpha value is -0.130. The van der Waals surface area contributed by atoms with Gasteiger partial charge in [0.25, 0.3) is 0 Å². The minimum atomic E-state index is -3.07. The molecule has 0 bridgehead atoms. The van der Waals surface area contributed by atoms with Crippen LogP contribution in [0.25, 0.3) is 0 Å². The Morgan fingerprint density at radius 1 is 1.38 bits per heavy atom. The molecule has 96 valence electrons. The van der Waals surface area contributed by atoms with Gasteiger partial charge in [0, 0.05) is 12.6 Å². The average Bonchev–Trinajstić information content (AvgIpc) is 2.81. The summed E-state index contributed by atoms with van der Waals surface area (Å²) in [6.07, 6.45) is 1.63. The molecule has 1 unspecified atom stereocenters. The zero-order chi connectivity index (χ0) is 12.6. The Morgan fingerprint density at radius 3 is 2.25 bits per heavy atom. The third-order valence-electron chi connectivity index (χ3n) is 3.20. The SMILES string of the molecule is CC(NS(=O)(=O)C1CC1)C(C)(C)CN(C)C. The highest BCUT2D eigenvalue weighted by Crippen LogP contribution is 2.29. The second kappa shape index (κ2) is 4.63. The van der Waals surface area contributed by atoms with E-state index in [1.54, 1.807) is 0 Å². The molecule has 5 heteroatoms. The Labute approximate surface area is 99.5 Å². The second-order valence-corrected chi connectivity index (χ2v) is 7.80. The molecule has 4 nitrogen and oxygen atoms in total. The number of nitrogens with zero attached hydrogens (tertiary/aromatic N) is 1. The van der Waals surface area contributed by atoms with Gasteiger partial charge in [0.05, 0.1) is 5.25 Å². The topological polar surface area (TPSA) is 49.4 Å². The van der Waals surface area contributed by atoms with Gasteiger partial charge in [-0.2, -0.15) is 0 Å². The van der Waals surface area contributed by atoms with Gasteiger partial charge in [-0.25, -0.2) is 13.1 Å². The standard InChI is InChI=1S/C11H24N2O2S/c1-9(11(2,3)8-13(4)5)12-16(14,15)10-6-7-10/h9-10,12H,6-8H2,1-5H3. The summed E-state index contributed by atoms with van der Waals surface area (Å²) in [6, 6.07) is -0.0412. The van der Waals surface area contributed by atoms with Gasteiger partial charge in [0.15, 0.2) is 0 Å². The van der Waals surface area contributed by atoms with Crippen molar-refractivity contribution in [3.05, 3.63) is 0 Å². The molecule has 0 amide bonds. The van der Waals surface area contributed by atoms with Crippen LogP contribution in [0.2, 0.25) is 0 Å². The summed E-state index contributed by atoms with van der Waals surface area (Å²) in [5.41, 5.74) is -0.0640. The van der Waals surface area contributed by atoms with Crippen molar-refractivity contribution in [1.29, 1.82) is 0 Å². The van der Waals surface area contributed by atoms with Crippen molar-refractivity contribution in [2.75, 3.05) is 20.6 Å². The van der Waals surface area contributed by atoms with Crippen LogP contribution >= 0.6 is 0 Å². The zero-order valence-corrected chi connectivity index (χ0v) is 11.8. The molecule has 0 saturated heterocycles. The summed E-state index contributed by atoms with van der Waals surface area (Å²) in [6.45, 7) is 6.99. The van der Waals surface area contributed by atoms with Crippen LogP contribution in [0.15, 0.2) is 0 Å². The molecule has 1 aliphatic rings. The van der Waals surface area contributed by atoms with Crippen LogP contribution in [0.5, 0.6) is 0 Å². The first kappa shape index (κ1) is 13.9. The van der Waals surface area contributed by atoms with E-state index < -0.39 is 10.0 Å². The van der Waals surface area contributed by atoms with Gasteiger partial charge in [-0.1, -0.05) is 13.8 Å². The van der Waals surface area contributed by atoms with Crippen LogP contribution in [0, 0.1) is 5.41 Å². The van der Waals surface area contributed by atoms with Crippen LogP contribution in [0.4, 0.5) is 0 Å². The molecule has 1 aliphatic carbocycles. The molecular formula is C11H24N2O2S. The number of hydrogen-bond acceptors (Lipinski definition) is 3. The van der Waals surface area contributed by atoms with Crippen molar-refractivity contribution in [3.63, 3.8) is 0 Å². The van der Waals surface area contributed by atoms with E-state index >= 15 is 0 Å². The fourth-order valence-corrected chi connectivity index (χ4v) is 3.59. The Kier molecular flexibility index (Phi) is 4.03. The van der Waals surface area contributed by atoms with E-state index in [1.165, 1.54) is 0 Å². The number of rotatable bonds is 6. The van der Waals surface area contributed by atoms with Crippen molar-refractivity contribution in [2.45, 2.75) is 44.9 Å². The molecule has 0 aromatic carbocycles. The lowest BCUT2D eigenvalue weighted by Crippen LogP contribution is -2.48. The van der Waals surface area contributed by atoms with E-state index in [4.69, 9.17) is 0 Å². The highest BCUT2D eigenvalue weighted by atomic mass is 32.2. The van der Waals surface area contributed by atoms with Crippen molar-refractivity contribution < 1.29 is 8.42 Å². The predicted octanol–water partition coefficient (Wildman–Crippen LogP) is 1.04. The quantitative estimate of drug-likeness (QED) is 0.764. The van der Waals surface area contributed by atoms with Crippen LogP contribution in [-0.4, -0.2) is 45.2 Å². The van der Waals surface area contributed by atoms with Gasteiger partial charge in [-0.15, -0.1) is 0 Å². The molecule has 0 aromatic heterocycles. The lowest BCUT2D eigenvalue weighted by atomic mass is 9.85. The smallest absolute Gasteiger partial charge is 0.214 e.